The molecule has 1 aromatic carbocycles. The molecular formula is C15H21N3O. The number of hydrogen-bond donors (Lipinski definition) is 1. The Morgan fingerprint density at radius 1 is 1.32 bits per heavy atom. The van der Waals surface area contributed by atoms with E-state index in [4.69, 9.17) is 4.74 Å². The van der Waals surface area contributed by atoms with Gasteiger partial charge in [0.1, 0.15) is 11.6 Å². The Bertz CT molecular complexity index is 542. The van der Waals surface area contributed by atoms with Crippen LogP contribution in [0.2, 0.25) is 0 Å². The van der Waals surface area contributed by atoms with Crippen LogP contribution < -0.4 is 15.0 Å². The van der Waals surface area contributed by atoms with E-state index < -0.39 is 0 Å². The number of methoxy groups -OCH3 is 1. The predicted octanol–water partition coefficient (Wildman–Crippen LogP) is 2.29. The van der Waals surface area contributed by atoms with Gasteiger partial charge in [0.15, 0.2) is 0 Å². The lowest BCUT2D eigenvalue weighted by Gasteiger charge is -2.20. The molecule has 19 heavy (non-hydrogen) atoms. The van der Waals surface area contributed by atoms with Crippen molar-refractivity contribution in [3.63, 3.8) is 0 Å². The summed E-state index contributed by atoms with van der Waals surface area (Å²) in [7, 11) is 5.75. The minimum atomic E-state index is 0.877. The average Bonchev–Trinajstić information content (AvgIpc) is 2.46. The summed E-state index contributed by atoms with van der Waals surface area (Å²) >= 11 is 0. The molecule has 0 unspecified atom stereocenters. The van der Waals surface area contributed by atoms with Crippen LogP contribution in [0.25, 0.3) is 10.8 Å². The van der Waals surface area contributed by atoms with Crippen molar-refractivity contribution in [1.29, 1.82) is 0 Å². The Balaban J connectivity index is 2.27. The lowest BCUT2D eigenvalue weighted by atomic mass is 10.1. The van der Waals surface area contributed by atoms with Gasteiger partial charge >= 0.3 is 0 Å². The van der Waals surface area contributed by atoms with Gasteiger partial charge in [-0.1, -0.05) is 0 Å². The van der Waals surface area contributed by atoms with Crippen LogP contribution in [0.5, 0.6) is 5.75 Å². The summed E-state index contributed by atoms with van der Waals surface area (Å²) in [5.41, 5.74) is 0. The largest absolute Gasteiger partial charge is 0.497 e. The second-order valence-electron chi connectivity index (χ2n) is 4.60. The molecule has 0 aliphatic rings. The highest BCUT2D eigenvalue weighted by Crippen LogP contribution is 2.27. The lowest BCUT2D eigenvalue weighted by Crippen LogP contribution is -2.23. The van der Waals surface area contributed by atoms with Crippen LogP contribution in [-0.2, 0) is 0 Å². The van der Waals surface area contributed by atoms with Gasteiger partial charge in [-0.05, 0) is 49.7 Å². The summed E-state index contributed by atoms with van der Waals surface area (Å²) in [5, 5.41) is 5.48. The Kier molecular flexibility index (Phi) is 4.58. The molecule has 2 aromatic rings. The van der Waals surface area contributed by atoms with Gasteiger partial charge in [0.25, 0.3) is 0 Å². The van der Waals surface area contributed by atoms with Gasteiger partial charge in [-0.2, -0.15) is 0 Å². The maximum atomic E-state index is 5.26. The molecule has 1 aromatic heterocycles. The smallest absolute Gasteiger partial charge is 0.136 e. The highest BCUT2D eigenvalue weighted by Gasteiger charge is 2.07. The summed E-state index contributed by atoms with van der Waals surface area (Å²) < 4.78 is 5.26. The van der Waals surface area contributed by atoms with Gasteiger partial charge < -0.3 is 15.0 Å². The number of benzene rings is 1. The third kappa shape index (κ3) is 3.15. The van der Waals surface area contributed by atoms with E-state index >= 15 is 0 Å². The number of ether oxygens (including phenoxy) is 1. The molecule has 0 amide bonds. The maximum Gasteiger partial charge on any atom is 0.136 e. The Morgan fingerprint density at radius 3 is 2.89 bits per heavy atom. The van der Waals surface area contributed by atoms with Crippen LogP contribution in [0.3, 0.4) is 0 Å². The molecule has 0 bridgehead atoms. The molecule has 2 rings (SSSR count). The van der Waals surface area contributed by atoms with Crippen molar-refractivity contribution >= 4 is 16.6 Å². The zero-order valence-corrected chi connectivity index (χ0v) is 11.8. The summed E-state index contributed by atoms with van der Waals surface area (Å²) in [6.07, 6.45) is 2.95. The molecule has 4 nitrogen and oxygen atoms in total. The van der Waals surface area contributed by atoms with Crippen LogP contribution in [0, 0.1) is 0 Å². The Morgan fingerprint density at radius 2 is 2.16 bits per heavy atom. The van der Waals surface area contributed by atoms with Crippen molar-refractivity contribution < 1.29 is 4.74 Å². The minimum Gasteiger partial charge on any atom is -0.497 e. The SMILES string of the molecule is CNCCCN(C)c1nccc2cc(OC)ccc12. The van der Waals surface area contributed by atoms with Crippen LogP contribution in [0.15, 0.2) is 30.5 Å². The fourth-order valence-corrected chi connectivity index (χ4v) is 2.17. The maximum absolute atomic E-state index is 5.26. The molecule has 4 heteroatoms. The number of hydrogen-bond acceptors (Lipinski definition) is 4. The molecule has 0 aliphatic heterocycles. The first-order valence-electron chi connectivity index (χ1n) is 6.54. The van der Waals surface area contributed by atoms with E-state index in [9.17, 15) is 0 Å². The Hall–Kier alpha value is -1.81. The summed E-state index contributed by atoms with van der Waals surface area (Å²) in [4.78, 5) is 6.71. The number of nitrogens with one attached hydrogen (secondary N) is 1. The van der Waals surface area contributed by atoms with Crippen molar-refractivity contribution in [2.45, 2.75) is 6.42 Å². The molecule has 1 N–H and O–H groups in total. The topological polar surface area (TPSA) is 37.4 Å². The van der Waals surface area contributed by atoms with Gasteiger partial charge in [0.05, 0.1) is 7.11 Å². The number of nitrogens with zero attached hydrogens (tertiary/aromatic N) is 2. The first kappa shape index (κ1) is 13.6. The standard InChI is InChI=1S/C15H21N3O/c1-16-8-4-10-18(2)15-14-6-5-13(19-3)11-12(14)7-9-17-15/h5-7,9,11,16H,4,8,10H2,1-3H3. The van der Waals surface area contributed by atoms with E-state index in [2.05, 4.69) is 28.3 Å². The van der Waals surface area contributed by atoms with Crippen LogP contribution >= 0.6 is 0 Å². The molecule has 0 radical (unpaired) electrons. The third-order valence-corrected chi connectivity index (χ3v) is 3.23. The second-order valence-corrected chi connectivity index (χ2v) is 4.60. The van der Waals surface area contributed by atoms with Crippen molar-refractivity contribution in [2.75, 3.05) is 39.2 Å². The van der Waals surface area contributed by atoms with Crippen molar-refractivity contribution in [3.05, 3.63) is 30.5 Å². The fourth-order valence-electron chi connectivity index (χ4n) is 2.17. The van der Waals surface area contributed by atoms with E-state index in [1.54, 1.807) is 7.11 Å². The number of pyridine rings is 1. The van der Waals surface area contributed by atoms with Gasteiger partial charge in [0, 0.05) is 25.2 Å². The molecule has 1 heterocycles. The first-order valence-corrected chi connectivity index (χ1v) is 6.54. The van der Waals surface area contributed by atoms with Crippen LogP contribution in [0.1, 0.15) is 6.42 Å². The molecular weight excluding hydrogens is 238 g/mol. The monoisotopic (exact) mass is 259 g/mol. The van der Waals surface area contributed by atoms with Gasteiger partial charge in [-0.3, -0.25) is 0 Å². The predicted molar refractivity (Wildman–Crippen MR) is 80.1 cm³/mol. The zero-order valence-electron chi connectivity index (χ0n) is 11.8. The fraction of sp³-hybridized carbons (Fsp3) is 0.400. The molecule has 0 saturated heterocycles. The van der Waals surface area contributed by atoms with Crippen molar-refractivity contribution in [3.8, 4) is 5.75 Å². The normalized spacial score (nSPS) is 10.7. The number of aromatic nitrogens is 1. The van der Waals surface area contributed by atoms with Crippen LogP contribution in [-0.4, -0.2) is 39.3 Å². The van der Waals surface area contributed by atoms with Crippen molar-refractivity contribution in [2.24, 2.45) is 0 Å². The van der Waals surface area contributed by atoms with Gasteiger partial charge in [-0.25, -0.2) is 4.98 Å². The number of fused-ring (bicyclic) bond motifs is 1. The molecule has 0 atom stereocenters. The number of rotatable bonds is 6. The van der Waals surface area contributed by atoms with E-state index in [1.807, 2.05) is 31.4 Å². The summed E-state index contributed by atoms with van der Waals surface area (Å²) in [6, 6.07) is 8.12. The quantitative estimate of drug-likeness (QED) is 0.808. The Labute approximate surface area is 114 Å². The van der Waals surface area contributed by atoms with E-state index in [-0.39, 0.29) is 0 Å². The number of anilines is 1. The average molecular weight is 259 g/mol. The minimum absolute atomic E-state index is 0.877. The molecule has 0 spiro atoms. The van der Waals surface area contributed by atoms with Gasteiger partial charge in [-0.15, -0.1) is 0 Å². The van der Waals surface area contributed by atoms with E-state index in [0.717, 1.165) is 41.9 Å². The highest BCUT2D eigenvalue weighted by molar-refractivity contribution is 5.92. The van der Waals surface area contributed by atoms with Gasteiger partial charge in [0.2, 0.25) is 0 Å². The highest BCUT2D eigenvalue weighted by atomic mass is 16.5. The van der Waals surface area contributed by atoms with E-state index in [0.29, 0.717) is 0 Å². The summed E-state index contributed by atoms with van der Waals surface area (Å²) in [5.74, 6) is 1.90. The van der Waals surface area contributed by atoms with Crippen LogP contribution in [0.4, 0.5) is 5.82 Å². The second kappa shape index (κ2) is 6.38. The molecule has 0 aliphatic carbocycles. The van der Waals surface area contributed by atoms with Crippen molar-refractivity contribution in [1.82, 2.24) is 10.3 Å². The summed E-state index contributed by atoms with van der Waals surface area (Å²) in [6.45, 7) is 2.00. The third-order valence-electron chi connectivity index (χ3n) is 3.23. The first-order chi connectivity index (χ1) is 9.26. The zero-order chi connectivity index (χ0) is 13.7. The lowest BCUT2D eigenvalue weighted by molar-refractivity contribution is 0.415. The molecule has 0 saturated carbocycles. The molecule has 0 fully saturated rings. The van der Waals surface area contributed by atoms with E-state index in [1.165, 1.54) is 0 Å². The molecule has 102 valence electrons.